The van der Waals surface area contributed by atoms with E-state index >= 15 is 0 Å². The van der Waals surface area contributed by atoms with Crippen LogP contribution in [0.15, 0.2) is 22.7 Å². The summed E-state index contributed by atoms with van der Waals surface area (Å²) in [5, 5.41) is 0. The van der Waals surface area contributed by atoms with Gasteiger partial charge in [-0.1, -0.05) is 48.9 Å². The molecule has 0 spiro atoms. The third kappa shape index (κ3) is 6.11. The summed E-state index contributed by atoms with van der Waals surface area (Å²) in [6, 6.07) is 0. The molecule has 0 aromatic carbocycles. The van der Waals surface area contributed by atoms with Gasteiger partial charge in [0.05, 0.1) is 6.61 Å². The zero-order valence-electron chi connectivity index (χ0n) is 10.4. The summed E-state index contributed by atoms with van der Waals surface area (Å²) < 4.78 is 6.04. The summed E-state index contributed by atoms with van der Waals surface area (Å²) in [4.78, 5) is 11.4. The van der Waals surface area contributed by atoms with Crippen LogP contribution < -0.4 is 0 Å². The van der Waals surface area contributed by atoms with Crippen molar-refractivity contribution in [2.24, 2.45) is 5.92 Å². The molecule has 1 atom stereocenters. The molecule has 0 fully saturated rings. The van der Waals surface area contributed by atoms with Crippen molar-refractivity contribution in [2.45, 2.75) is 40.0 Å². The van der Waals surface area contributed by atoms with Crippen LogP contribution in [0.25, 0.3) is 0 Å². The number of hydrogen-bond donors (Lipinski definition) is 0. The lowest BCUT2D eigenvalue weighted by molar-refractivity contribution is -0.138. The van der Waals surface area contributed by atoms with Gasteiger partial charge in [0, 0.05) is 11.5 Å². The zero-order valence-corrected chi connectivity index (χ0v) is 12.0. The Bertz CT molecular complexity index is 269. The Kier molecular flexibility index (Phi) is 8.26. The van der Waals surface area contributed by atoms with Crippen LogP contribution in [-0.4, -0.2) is 12.6 Å². The molecule has 0 N–H and O–H groups in total. The van der Waals surface area contributed by atoms with Gasteiger partial charge in [-0.05, 0) is 24.2 Å². The first-order valence-corrected chi connectivity index (χ1v) is 6.54. The molecule has 3 heteroatoms. The molecule has 0 aliphatic carbocycles. The first kappa shape index (κ1) is 15.4. The second-order valence-electron chi connectivity index (χ2n) is 3.75. The van der Waals surface area contributed by atoms with Gasteiger partial charge in [0.25, 0.3) is 0 Å². The summed E-state index contributed by atoms with van der Waals surface area (Å²) in [5.41, 5.74) is 0.510. The maximum atomic E-state index is 11.4. The molecule has 0 aliphatic rings. The fourth-order valence-corrected chi connectivity index (χ4v) is 1.89. The fourth-order valence-electron chi connectivity index (χ4n) is 1.21. The molecule has 0 saturated carbocycles. The van der Waals surface area contributed by atoms with Crippen LogP contribution in [0.3, 0.4) is 0 Å². The van der Waals surface area contributed by atoms with Crippen LogP contribution in [0, 0.1) is 5.92 Å². The smallest absolute Gasteiger partial charge is 0.333 e. The van der Waals surface area contributed by atoms with Gasteiger partial charge in [0.2, 0.25) is 0 Å². The van der Waals surface area contributed by atoms with Gasteiger partial charge in [0.15, 0.2) is 0 Å². The van der Waals surface area contributed by atoms with Crippen molar-refractivity contribution in [3.05, 3.63) is 22.7 Å². The number of hydrogen-bond acceptors (Lipinski definition) is 2. The molecule has 2 nitrogen and oxygen atoms in total. The summed E-state index contributed by atoms with van der Waals surface area (Å²) in [7, 11) is 0. The minimum absolute atomic E-state index is 0.0188. The summed E-state index contributed by atoms with van der Waals surface area (Å²) in [6.07, 6.45) is 5.34. The molecule has 92 valence electrons. The van der Waals surface area contributed by atoms with Crippen molar-refractivity contribution < 1.29 is 9.53 Å². The highest BCUT2D eigenvalue weighted by Crippen LogP contribution is 2.20. The molecule has 0 heterocycles. The first-order valence-electron chi connectivity index (χ1n) is 5.75. The predicted molar refractivity (Wildman–Crippen MR) is 71.5 cm³/mol. The third-order valence-corrected chi connectivity index (χ3v) is 2.95. The molecule has 0 saturated heterocycles. The second-order valence-corrected chi connectivity index (χ2v) is 4.77. The normalized spacial score (nSPS) is 13.4. The second kappa shape index (κ2) is 8.57. The minimum atomic E-state index is -0.304. The van der Waals surface area contributed by atoms with Crippen LogP contribution in [0.5, 0.6) is 0 Å². The maximum Gasteiger partial charge on any atom is 0.333 e. The van der Waals surface area contributed by atoms with E-state index in [9.17, 15) is 4.79 Å². The first-order chi connectivity index (χ1) is 7.52. The Hall–Kier alpha value is -0.570. The largest absolute Gasteiger partial charge is 0.463 e. The van der Waals surface area contributed by atoms with Crippen LogP contribution >= 0.6 is 15.9 Å². The van der Waals surface area contributed by atoms with E-state index in [4.69, 9.17) is 4.74 Å². The molecule has 16 heavy (non-hydrogen) atoms. The SMILES string of the molecule is C=C(C(=O)OCC)C(C)/C=C(\Br)CCCC. The topological polar surface area (TPSA) is 26.3 Å². The Morgan fingerprint density at radius 2 is 2.12 bits per heavy atom. The van der Waals surface area contributed by atoms with Crippen molar-refractivity contribution >= 4 is 21.9 Å². The monoisotopic (exact) mass is 288 g/mol. The van der Waals surface area contributed by atoms with E-state index in [1.54, 1.807) is 6.92 Å². The molecule has 0 aromatic rings. The number of halogens is 1. The molecule has 0 aromatic heterocycles. The van der Waals surface area contributed by atoms with E-state index in [2.05, 4.69) is 29.4 Å². The molecular formula is C13H21BrO2. The van der Waals surface area contributed by atoms with Gasteiger partial charge in [-0.15, -0.1) is 0 Å². The van der Waals surface area contributed by atoms with Gasteiger partial charge >= 0.3 is 5.97 Å². The third-order valence-electron chi connectivity index (χ3n) is 2.29. The Morgan fingerprint density at radius 1 is 1.50 bits per heavy atom. The Balaban J connectivity index is 4.27. The molecule has 0 aliphatic heterocycles. The lowest BCUT2D eigenvalue weighted by Crippen LogP contribution is -2.11. The number of ether oxygens (including phenoxy) is 1. The number of allylic oxidation sites excluding steroid dienone is 2. The predicted octanol–water partition coefficient (Wildman–Crippen LogP) is 4.21. The Morgan fingerprint density at radius 3 is 2.62 bits per heavy atom. The van der Waals surface area contributed by atoms with Gasteiger partial charge in [-0.25, -0.2) is 4.79 Å². The molecule has 1 unspecified atom stereocenters. The maximum absolute atomic E-state index is 11.4. The number of carbonyl (C=O) groups is 1. The number of unbranched alkanes of at least 4 members (excludes halogenated alkanes) is 1. The highest BCUT2D eigenvalue weighted by molar-refractivity contribution is 9.11. The average molecular weight is 289 g/mol. The van der Waals surface area contributed by atoms with Crippen molar-refractivity contribution in [3.63, 3.8) is 0 Å². The van der Waals surface area contributed by atoms with E-state index in [-0.39, 0.29) is 11.9 Å². The van der Waals surface area contributed by atoms with Gasteiger partial charge < -0.3 is 4.74 Å². The van der Waals surface area contributed by atoms with Crippen molar-refractivity contribution in [3.8, 4) is 0 Å². The molecule has 0 rings (SSSR count). The minimum Gasteiger partial charge on any atom is -0.463 e. The van der Waals surface area contributed by atoms with Crippen LogP contribution in [0.4, 0.5) is 0 Å². The summed E-state index contributed by atoms with van der Waals surface area (Å²) in [6.45, 7) is 10.1. The zero-order chi connectivity index (χ0) is 12.6. The van der Waals surface area contributed by atoms with Crippen LogP contribution in [0.1, 0.15) is 40.0 Å². The van der Waals surface area contributed by atoms with Crippen molar-refractivity contribution in [1.82, 2.24) is 0 Å². The van der Waals surface area contributed by atoms with Crippen molar-refractivity contribution in [1.29, 1.82) is 0 Å². The average Bonchev–Trinajstić information content (AvgIpc) is 2.25. The summed E-state index contributed by atoms with van der Waals surface area (Å²) in [5.74, 6) is -0.285. The number of carbonyl (C=O) groups excluding carboxylic acids is 1. The van der Waals surface area contributed by atoms with E-state index < -0.39 is 0 Å². The fraction of sp³-hybridized carbons (Fsp3) is 0.615. The number of rotatable bonds is 7. The van der Waals surface area contributed by atoms with Crippen molar-refractivity contribution in [2.75, 3.05) is 6.61 Å². The Labute approximate surface area is 107 Å². The number of esters is 1. The summed E-state index contributed by atoms with van der Waals surface area (Å²) >= 11 is 3.50. The van der Waals surface area contributed by atoms with E-state index in [1.807, 2.05) is 13.0 Å². The van der Waals surface area contributed by atoms with Crippen LogP contribution in [-0.2, 0) is 9.53 Å². The van der Waals surface area contributed by atoms with Gasteiger partial charge in [-0.3, -0.25) is 0 Å². The van der Waals surface area contributed by atoms with Gasteiger partial charge in [0.1, 0.15) is 0 Å². The lowest BCUT2D eigenvalue weighted by Gasteiger charge is -2.10. The standard InChI is InChI=1S/C13H21BrO2/c1-5-7-8-12(14)9-10(3)11(4)13(15)16-6-2/h9-10H,4-8H2,1-3H3/b12-9-. The van der Waals surface area contributed by atoms with Crippen LogP contribution in [0.2, 0.25) is 0 Å². The molecular weight excluding hydrogens is 268 g/mol. The van der Waals surface area contributed by atoms with E-state index in [1.165, 1.54) is 0 Å². The highest BCUT2D eigenvalue weighted by atomic mass is 79.9. The molecule has 0 amide bonds. The quantitative estimate of drug-likeness (QED) is 0.518. The van der Waals surface area contributed by atoms with E-state index in [0.29, 0.717) is 12.2 Å². The van der Waals surface area contributed by atoms with Gasteiger partial charge in [-0.2, -0.15) is 0 Å². The lowest BCUT2D eigenvalue weighted by atomic mass is 10.0. The molecule has 0 radical (unpaired) electrons. The molecule has 0 bridgehead atoms. The van der Waals surface area contributed by atoms with E-state index in [0.717, 1.165) is 23.7 Å². The highest BCUT2D eigenvalue weighted by Gasteiger charge is 2.13.